The fourth-order valence-electron chi connectivity index (χ4n) is 1.60. The van der Waals surface area contributed by atoms with Crippen LogP contribution in [0, 0.1) is 11.3 Å². The number of aromatic nitrogens is 1. The van der Waals surface area contributed by atoms with E-state index in [9.17, 15) is 8.42 Å². The van der Waals surface area contributed by atoms with Crippen molar-refractivity contribution in [3.8, 4) is 6.07 Å². The first-order valence-electron chi connectivity index (χ1n) is 5.08. The third kappa shape index (κ3) is 2.61. The second-order valence-corrected chi connectivity index (χ2v) is 5.33. The number of nitrogens with zero attached hydrogens (tertiary/aromatic N) is 2. The van der Waals surface area contributed by atoms with Crippen LogP contribution < -0.4 is 4.72 Å². The number of ether oxygens (including phenoxy) is 1. The minimum atomic E-state index is -3.70. The van der Waals surface area contributed by atoms with Crippen LogP contribution >= 0.6 is 0 Å². The Labute approximate surface area is 99.3 Å². The second-order valence-electron chi connectivity index (χ2n) is 3.64. The van der Waals surface area contributed by atoms with Gasteiger partial charge < -0.3 is 4.74 Å². The summed E-state index contributed by atoms with van der Waals surface area (Å²) in [5, 5.41) is 8.81. The van der Waals surface area contributed by atoms with Gasteiger partial charge >= 0.3 is 0 Å². The molecule has 0 spiro atoms. The predicted octanol–water partition coefficient (Wildman–Crippen LogP) is 0.0205. The third-order valence-corrected chi connectivity index (χ3v) is 3.97. The highest BCUT2D eigenvalue weighted by Gasteiger charge is 2.25. The molecule has 1 aromatic rings. The molecule has 6 nitrogen and oxygen atoms in total. The Bertz CT molecular complexity index is 544. The summed E-state index contributed by atoms with van der Waals surface area (Å²) in [6, 6.07) is 4.39. The SMILES string of the molecule is N#Cc1ncccc1S(=O)(=O)NC1CCOC1. The normalized spacial score (nSPS) is 20.1. The number of sulfonamides is 1. The lowest BCUT2D eigenvalue weighted by molar-refractivity contribution is 0.192. The molecule has 1 aliphatic heterocycles. The molecule has 0 amide bonds. The standard InChI is InChI=1S/C10H11N3O3S/c11-6-9-10(2-1-4-12-9)17(14,15)13-8-3-5-16-7-8/h1-2,4,8,13H,3,5,7H2. The van der Waals surface area contributed by atoms with Crippen molar-refractivity contribution in [1.29, 1.82) is 5.26 Å². The van der Waals surface area contributed by atoms with Crippen LogP contribution in [0.2, 0.25) is 0 Å². The van der Waals surface area contributed by atoms with Gasteiger partial charge in [-0.1, -0.05) is 0 Å². The summed E-state index contributed by atoms with van der Waals surface area (Å²) < 4.78 is 31.6. The van der Waals surface area contributed by atoms with Gasteiger partial charge in [-0.05, 0) is 18.6 Å². The summed E-state index contributed by atoms with van der Waals surface area (Å²) in [7, 11) is -3.70. The van der Waals surface area contributed by atoms with Crippen molar-refractivity contribution in [2.75, 3.05) is 13.2 Å². The predicted molar refractivity (Wildman–Crippen MR) is 58.5 cm³/mol. The highest BCUT2D eigenvalue weighted by atomic mass is 32.2. The number of nitrogens with one attached hydrogen (secondary N) is 1. The zero-order valence-electron chi connectivity index (χ0n) is 8.96. The van der Waals surface area contributed by atoms with E-state index in [0.29, 0.717) is 19.6 Å². The van der Waals surface area contributed by atoms with Crippen LogP contribution in [0.15, 0.2) is 23.2 Å². The van der Waals surface area contributed by atoms with Gasteiger partial charge in [0.15, 0.2) is 5.69 Å². The van der Waals surface area contributed by atoms with Crippen molar-refractivity contribution >= 4 is 10.0 Å². The van der Waals surface area contributed by atoms with Crippen molar-refractivity contribution in [1.82, 2.24) is 9.71 Å². The van der Waals surface area contributed by atoms with Gasteiger partial charge in [0.05, 0.1) is 6.61 Å². The average molecular weight is 253 g/mol. The van der Waals surface area contributed by atoms with E-state index in [1.165, 1.54) is 18.3 Å². The maximum absolute atomic E-state index is 12.0. The van der Waals surface area contributed by atoms with Gasteiger partial charge in [-0.15, -0.1) is 0 Å². The van der Waals surface area contributed by atoms with Gasteiger partial charge in [-0.2, -0.15) is 5.26 Å². The second kappa shape index (κ2) is 4.79. The van der Waals surface area contributed by atoms with Crippen molar-refractivity contribution in [2.45, 2.75) is 17.4 Å². The van der Waals surface area contributed by atoms with Gasteiger partial charge in [0.1, 0.15) is 11.0 Å². The topological polar surface area (TPSA) is 92.1 Å². The Morgan fingerprint density at radius 1 is 1.59 bits per heavy atom. The summed E-state index contributed by atoms with van der Waals surface area (Å²) in [4.78, 5) is 3.64. The lowest BCUT2D eigenvalue weighted by Gasteiger charge is -2.11. The number of hydrogen-bond acceptors (Lipinski definition) is 5. The van der Waals surface area contributed by atoms with Crippen LogP contribution in [0.25, 0.3) is 0 Å². The Hall–Kier alpha value is -1.49. The summed E-state index contributed by atoms with van der Waals surface area (Å²) in [5.41, 5.74) is -0.0982. The Morgan fingerprint density at radius 3 is 3.06 bits per heavy atom. The fourth-order valence-corrected chi connectivity index (χ4v) is 2.96. The molecule has 0 aliphatic carbocycles. The largest absolute Gasteiger partial charge is 0.380 e. The molecule has 1 saturated heterocycles. The van der Waals surface area contributed by atoms with Gasteiger partial charge in [-0.25, -0.2) is 18.1 Å². The minimum Gasteiger partial charge on any atom is -0.380 e. The van der Waals surface area contributed by atoms with Crippen molar-refractivity contribution in [2.24, 2.45) is 0 Å². The summed E-state index contributed by atoms with van der Waals surface area (Å²) in [6.45, 7) is 0.909. The van der Waals surface area contributed by atoms with E-state index in [0.717, 1.165) is 0 Å². The number of nitriles is 1. The molecule has 1 fully saturated rings. The number of hydrogen-bond donors (Lipinski definition) is 1. The van der Waals surface area contributed by atoms with Crippen molar-refractivity contribution < 1.29 is 13.2 Å². The van der Waals surface area contributed by atoms with Gasteiger partial charge in [0, 0.05) is 18.8 Å². The van der Waals surface area contributed by atoms with E-state index in [1.807, 2.05) is 0 Å². The van der Waals surface area contributed by atoms with E-state index < -0.39 is 10.0 Å². The molecule has 2 heterocycles. The Kier molecular flexibility index (Phi) is 3.38. The van der Waals surface area contributed by atoms with Gasteiger partial charge in [0.25, 0.3) is 0 Å². The van der Waals surface area contributed by atoms with Crippen LogP contribution in [-0.4, -0.2) is 32.7 Å². The number of rotatable bonds is 3. The molecule has 1 atom stereocenters. The Morgan fingerprint density at radius 2 is 2.41 bits per heavy atom. The molecular weight excluding hydrogens is 242 g/mol. The molecule has 7 heteroatoms. The van der Waals surface area contributed by atoms with E-state index in [2.05, 4.69) is 9.71 Å². The molecule has 1 unspecified atom stereocenters. The fraction of sp³-hybridized carbons (Fsp3) is 0.400. The summed E-state index contributed by atoms with van der Waals surface area (Å²) in [5.74, 6) is 0. The first-order valence-corrected chi connectivity index (χ1v) is 6.57. The Balaban J connectivity index is 2.28. The van der Waals surface area contributed by atoms with Crippen LogP contribution in [-0.2, 0) is 14.8 Å². The van der Waals surface area contributed by atoms with Crippen LogP contribution in [0.1, 0.15) is 12.1 Å². The van der Waals surface area contributed by atoms with E-state index in [4.69, 9.17) is 10.00 Å². The molecule has 0 radical (unpaired) electrons. The molecule has 1 aromatic heterocycles. The number of pyridine rings is 1. The molecule has 0 aromatic carbocycles. The van der Waals surface area contributed by atoms with Gasteiger partial charge in [-0.3, -0.25) is 0 Å². The van der Waals surface area contributed by atoms with Crippen LogP contribution in [0.4, 0.5) is 0 Å². The first kappa shape index (κ1) is 12.0. The van der Waals surface area contributed by atoms with Crippen molar-refractivity contribution in [3.63, 3.8) is 0 Å². The highest BCUT2D eigenvalue weighted by Crippen LogP contribution is 2.14. The molecule has 1 aliphatic rings. The molecule has 1 N–H and O–H groups in total. The lowest BCUT2D eigenvalue weighted by Crippen LogP contribution is -2.35. The highest BCUT2D eigenvalue weighted by molar-refractivity contribution is 7.89. The monoisotopic (exact) mass is 253 g/mol. The summed E-state index contributed by atoms with van der Waals surface area (Å²) in [6.07, 6.45) is 2.03. The van der Waals surface area contributed by atoms with Crippen LogP contribution in [0.5, 0.6) is 0 Å². The zero-order chi connectivity index (χ0) is 12.3. The van der Waals surface area contributed by atoms with E-state index in [1.54, 1.807) is 6.07 Å². The molecule has 2 rings (SSSR count). The molecule has 0 saturated carbocycles. The van der Waals surface area contributed by atoms with Gasteiger partial charge in [0.2, 0.25) is 10.0 Å². The minimum absolute atomic E-state index is 0.0885. The summed E-state index contributed by atoms with van der Waals surface area (Å²) >= 11 is 0. The first-order chi connectivity index (χ1) is 8.13. The van der Waals surface area contributed by atoms with Crippen molar-refractivity contribution in [3.05, 3.63) is 24.0 Å². The molecule has 90 valence electrons. The third-order valence-electron chi connectivity index (χ3n) is 2.42. The quantitative estimate of drug-likeness (QED) is 0.819. The maximum atomic E-state index is 12.0. The molecule has 17 heavy (non-hydrogen) atoms. The van der Waals surface area contributed by atoms with E-state index in [-0.39, 0.29) is 16.6 Å². The van der Waals surface area contributed by atoms with E-state index >= 15 is 0 Å². The molecule has 0 bridgehead atoms. The smallest absolute Gasteiger partial charge is 0.243 e. The lowest BCUT2D eigenvalue weighted by atomic mass is 10.3. The van der Waals surface area contributed by atoms with Crippen LogP contribution in [0.3, 0.4) is 0 Å². The maximum Gasteiger partial charge on any atom is 0.243 e. The zero-order valence-corrected chi connectivity index (χ0v) is 9.77. The average Bonchev–Trinajstić information content (AvgIpc) is 2.81. The molecular formula is C10H11N3O3S.